The minimum absolute atomic E-state index is 0.0330. The molecule has 3 rings (SSSR count). The van der Waals surface area contributed by atoms with Gasteiger partial charge in [0.2, 0.25) is 11.2 Å². The van der Waals surface area contributed by atoms with Gasteiger partial charge in [0.25, 0.3) is 0 Å². The molecule has 0 bridgehead atoms. The molecule has 1 saturated heterocycles. The van der Waals surface area contributed by atoms with E-state index in [2.05, 4.69) is 30.3 Å². The number of likely N-dealkylation sites (N-methyl/N-ethyl adjacent to an activating group) is 1. The van der Waals surface area contributed by atoms with Gasteiger partial charge in [-0.05, 0) is 17.1 Å². The summed E-state index contributed by atoms with van der Waals surface area (Å²) in [5.74, 6) is -0.538. The molecule has 2 aromatic heterocycles. The largest absolute Gasteiger partial charge is 0.388 e. The first kappa shape index (κ1) is 16.7. The number of nitrogens with one attached hydrogen (secondary N) is 1. The Kier molecular flexibility index (Phi) is 4.43. The van der Waals surface area contributed by atoms with Gasteiger partial charge < -0.3 is 15.2 Å². The van der Waals surface area contributed by atoms with E-state index in [1.54, 1.807) is 0 Å². The van der Waals surface area contributed by atoms with Crippen LogP contribution in [0.15, 0.2) is 11.4 Å². The molecular weight excluding hydrogens is 363 g/mol. The molecule has 0 spiro atoms. The fraction of sp³-hybridized carbons (Fsp3) is 0.455. The van der Waals surface area contributed by atoms with Gasteiger partial charge in [0, 0.05) is 12.0 Å². The molecule has 0 aromatic carbocycles. The summed E-state index contributed by atoms with van der Waals surface area (Å²) in [5.41, 5.74) is 9.12. The molecule has 2 N–H and O–H groups in total. The van der Waals surface area contributed by atoms with Gasteiger partial charge in [-0.15, -0.1) is 0 Å². The number of amides is 1. The van der Waals surface area contributed by atoms with Gasteiger partial charge >= 0.3 is 0 Å². The number of carbonyl (C=O) groups excluding carboxylic acids is 1. The number of hydrogen-bond acceptors (Lipinski definition) is 7. The molecule has 2 aromatic rings. The molecule has 126 valence electrons. The number of aliphatic hydroxyl groups excluding tert-OH is 1. The molecule has 4 atom stereocenters. The average molecular weight is 373 g/mol. The van der Waals surface area contributed by atoms with Crippen molar-refractivity contribution in [1.29, 1.82) is 0 Å². The van der Waals surface area contributed by atoms with Crippen LogP contribution >= 0.6 is 23.2 Å². The van der Waals surface area contributed by atoms with E-state index in [9.17, 15) is 9.90 Å². The first-order valence-corrected chi connectivity index (χ1v) is 7.38. The number of ether oxygens (including phenoxy) is 1. The number of rotatable bonds is 3. The normalized spacial score (nSPS) is 26.3. The number of hydrogen-bond donors (Lipinski definition) is 2. The third kappa shape index (κ3) is 2.62. The molecule has 1 fully saturated rings. The molecule has 3 heterocycles. The van der Waals surface area contributed by atoms with Crippen molar-refractivity contribution in [1.82, 2.24) is 24.8 Å². The first-order chi connectivity index (χ1) is 11.5. The van der Waals surface area contributed by atoms with E-state index in [0.717, 1.165) is 0 Å². The summed E-state index contributed by atoms with van der Waals surface area (Å²) in [5, 5.41) is 16.2. The Balaban J connectivity index is 2.06. The molecule has 0 aliphatic carbocycles. The molecule has 4 unspecified atom stereocenters. The number of imidazole rings is 1. The third-order valence-corrected chi connectivity index (χ3v) is 3.99. The zero-order chi connectivity index (χ0) is 17.4. The number of halogens is 2. The fourth-order valence-electron chi connectivity index (χ4n) is 2.48. The molecule has 24 heavy (non-hydrogen) atoms. The lowest BCUT2D eigenvalue weighted by molar-refractivity contribution is -0.134. The van der Waals surface area contributed by atoms with E-state index >= 15 is 0 Å². The fourth-order valence-corrected chi connectivity index (χ4v) is 2.90. The summed E-state index contributed by atoms with van der Waals surface area (Å²) >= 11 is 11.7. The lowest BCUT2D eigenvalue weighted by Gasteiger charge is -2.16. The van der Waals surface area contributed by atoms with Crippen molar-refractivity contribution in [3.05, 3.63) is 27.2 Å². The van der Waals surface area contributed by atoms with Crippen molar-refractivity contribution in [2.24, 2.45) is 5.11 Å². The number of azide groups is 1. The number of aliphatic hydroxyl groups is 1. The first-order valence-electron chi connectivity index (χ1n) is 6.62. The Morgan fingerprint density at radius 3 is 2.96 bits per heavy atom. The van der Waals surface area contributed by atoms with Crippen molar-refractivity contribution >= 4 is 40.3 Å². The summed E-state index contributed by atoms with van der Waals surface area (Å²) in [6, 6.07) is -1.12. The quantitative estimate of drug-likeness (QED) is 0.267. The van der Waals surface area contributed by atoms with E-state index in [-0.39, 0.29) is 21.6 Å². The molecule has 11 nitrogen and oxygen atoms in total. The maximum Gasteiger partial charge on any atom is 0.249 e. The van der Waals surface area contributed by atoms with Gasteiger partial charge in [0.15, 0.2) is 17.0 Å². The van der Waals surface area contributed by atoms with Gasteiger partial charge in [-0.3, -0.25) is 9.36 Å². The molecular formula is C11H10Cl2N8O3. The van der Waals surface area contributed by atoms with Gasteiger partial charge in [0.1, 0.15) is 23.8 Å². The number of carbonyl (C=O) groups is 1. The van der Waals surface area contributed by atoms with Crippen molar-refractivity contribution in [3.63, 3.8) is 0 Å². The molecule has 0 radical (unpaired) electrons. The van der Waals surface area contributed by atoms with Crippen LogP contribution in [-0.4, -0.2) is 55.8 Å². The van der Waals surface area contributed by atoms with Crippen LogP contribution in [0.1, 0.15) is 6.23 Å². The van der Waals surface area contributed by atoms with Crippen LogP contribution < -0.4 is 5.32 Å². The maximum absolute atomic E-state index is 11.9. The van der Waals surface area contributed by atoms with Crippen LogP contribution in [0.3, 0.4) is 0 Å². The SMILES string of the molecule is CNC(=O)C1OC(n2cnc3c(Cl)nc(Cl)nc32)C(O)C1N=[N+]=[N-]. The standard InChI is InChI=1S/C11H10Cl2N8O3/c1-15-9(23)6-3(19-20-14)5(22)10(24-6)21-2-16-4-7(12)17-11(13)18-8(4)21/h2-3,5-6,10,22H,1H3,(H,15,23). The zero-order valence-electron chi connectivity index (χ0n) is 12.0. The smallest absolute Gasteiger partial charge is 0.249 e. The van der Waals surface area contributed by atoms with Gasteiger partial charge in [-0.1, -0.05) is 16.7 Å². The average Bonchev–Trinajstić information content (AvgIpc) is 3.09. The molecule has 0 saturated carbocycles. The summed E-state index contributed by atoms with van der Waals surface area (Å²) in [6.07, 6.45) is -2.24. The van der Waals surface area contributed by atoms with Crippen LogP contribution in [0.4, 0.5) is 0 Å². The summed E-state index contributed by atoms with van der Waals surface area (Å²) in [6.45, 7) is 0. The minimum atomic E-state index is -1.31. The number of nitrogens with zero attached hydrogens (tertiary/aromatic N) is 7. The minimum Gasteiger partial charge on any atom is -0.388 e. The highest BCUT2D eigenvalue weighted by Gasteiger charge is 2.48. The van der Waals surface area contributed by atoms with Gasteiger partial charge in [-0.2, -0.15) is 4.98 Å². The monoisotopic (exact) mass is 372 g/mol. The molecule has 13 heteroatoms. The van der Waals surface area contributed by atoms with E-state index in [0.29, 0.717) is 0 Å². The Morgan fingerprint density at radius 2 is 2.29 bits per heavy atom. The Bertz CT molecular complexity index is 851. The molecule has 1 aliphatic heterocycles. The maximum atomic E-state index is 11.9. The number of aromatic nitrogens is 4. The van der Waals surface area contributed by atoms with E-state index in [1.807, 2.05) is 0 Å². The van der Waals surface area contributed by atoms with Crippen LogP contribution in [-0.2, 0) is 9.53 Å². The highest BCUT2D eigenvalue weighted by atomic mass is 35.5. The number of fused-ring (bicyclic) bond motifs is 1. The lowest BCUT2D eigenvalue weighted by atomic mass is 10.1. The van der Waals surface area contributed by atoms with E-state index < -0.39 is 30.4 Å². The van der Waals surface area contributed by atoms with Crippen LogP contribution in [0.5, 0.6) is 0 Å². The van der Waals surface area contributed by atoms with E-state index in [1.165, 1.54) is 17.9 Å². The second-order valence-electron chi connectivity index (χ2n) is 4.86. The second-order valence-corrected chi connectivity index (χ2v) is 5.55. The zero-order valence-corrected chi connectivity index (χ0v) is 13.5. The van der Waals surface area contributed by atoms with E-state index in [4.69, 9.17) is 33.5 Å². The molecule has 1 amide bonds. The van der Waals surface area contributed by atoms with Gasteiger partial charge in [0.05, 0.1) is 6.33 Å². The third-order valence-electron chi connectivity index (χ3n) is 3.55. The van der Waals surface area contributed by atoms with Crippen LogP contribution in [0.25, 0.3) is 21.6 Å². The van der Waals surface area contributed by atoms with Gasteiger partial charge in [-0.25, -0.2) is 9.97 Å². The summed E-state index contributed by atoms with van der Waals surface area (Å²) in [4.78, 5) is 26.4. The molecule has 1 aliphatic rings. The van der Waals surface area contributed by atoms with Crippen molar-refractivity contribution in [2.75, 3.05) is 7.05 Å². The highest BCUT2D eigenvalue weighted by Crippen LogP contribution is 2.34. The predicted molar refractivity (Wildman–Crippen MR) is 82.3 cm³/mol. The van der Waals surface area contributed by atoms with Crippen molar-refractivity contribution in [2.45, 2.75) is 24.5 Å². The summed E-state index contributed by atoms with van der Waals surface area (Å²) in [7, 11) is 1.40. The Morgan fingerprint density at radius 1 is 1.54 bits per heavy atom. The van der Waals surface area contributed by atoms with Crippen molar-refractivity contribution < 1.29 is 14.6 Å². The topological polar surface area (TPSA) is 151 Å². The predicted octanol–water partition coefficient (Wildman–Crippen LogP) is 0.816. The van der Waals surface area contributed by atoms with Crippen molar-refractivity contribution in [3.8, 4) is 0 Å². The Labute approximate surface area is 144 Å². The Hall–Kier alpha value is -2.17. The highest BCUT2D eigenvalue weighted by molar-refractivity contribution is 6.35. The van der Waals surface area contributed by atoms with Crippen LogP contribution in [0, 0.1) is 0 Å². The second kappa shape index (κ2) is 6.38. The van der Waals surface area contributed by atoms with Crippen LogP contribution in [0.2, 0.25) is 10.4 Å². The summed E-state index contributed by atoms with van der Waals surface area (Å²) < 4.78 is 6.92. The lowest BCUT2D eigenvalue weighted by Crippen LogP contribution is -2.40.